The summed E-state index contributed by atoms with van der Waals surface area (Å²) in [6.07, 6.45) is 1.61. The smallest absolute Gasteiger partial charge is 0.262 e. The number of allylic oxidation sites excluding steroid dienone is 1. The maximum Gasteiger partial charge on any atom is 0.262 e. The summed E-state index contributed by atoms with van der Waals surface area (Å²) in [5, 5.41) is 2.78. The summed E-state index contributed by atoms with van der Waals surface area (Å²) in [7, 11) is 4.64. The molecule has 3 aromatic rings. The van der Waals surface area contributed by atoms with Crippen LogP contribution in [0.25, 0.3) is 6.08 Å². The van der Waals surface area contributed by atoms with Crippen LogP contribution in [-0.2, 0) is 4.79 Å². The lowest BCUT2D eigenvalue weighted by Gasteiger charge is -2.12. The van der Waals surface area contributed by atoms with Crippen molar-refractivity contribution in [3.05, 3.63) is 77.0 Å². The third-order valence-electron chi connectivity index (χ3n) is 5.37. The van der Waals surface area contributed by atoms with Crippen LogP contribution in [0.4, 0.5) is 5.69 Å². The zero-order valence-corrected chi connectivity index (χ0v) is 19.8. The first-order valence-electron chi connectivity index (χ1n) is 10.8. The number of hydrogen-bond donors (Lipinski definition) is 1. The molecule has 0 saturated carbocycles. The summed E-state index contributed by atoms with van der Waals surface area (Å²) in [5.74, 6) is 2.04. The van der Waals surface area contributed by atoms with Crippen molar-refractivity contribution in [1.82, 2.24) is 0 Å². The van der Waals surface area contributed by atoms with E-state index in [-0.39, 0.29) is 24.1 Å². The van der Waals surface area contributed by atoms with Gasteiger partial charge in [-0.25, -0.2) is 0 Å². The molecule has 0 atom stereocenters. The van der Waals surface area contributed by atoms with Crippen molar-refractivity contribution in [2.24, 2.45) is 0 Å². The molecule has 4 rings (SSSR count). The van der Waals surface area contributed by atoms with Crippen LogP contribution in [0.1, 0.15) is 21.5 Å². The Morgan fingerprint density at radius 1 is 0.914 bits per heavy atom. The van der Waals surface area contributed by atoms with E-state index in [0.29, 0.717) is 45.6 Å². The molecule has 3 aromatic carbocycles. The van der Waals surface area contributed by atoms with Crippen molar-refractivity contribution < 1.29 is 33.3 Å². The quantitative estimate of drug-likeness (QED) is 0.474. The maximum atomic E-state index is 12.8. The number of fused-ring (bicyclic) bond motifs is 1. The van der Waals surface area contributed by atoms with Crippen LogP contribution in [0, 0.1) is 6.92 Å². The Morgan fingerprint density at radius 3 is 2.43 bits per heavy atom. The second-order valence-corrected chi connectivity index (χ2v) is 7.75. The first-order valence-corrected chi connectivity index (χ1v) is 10.8. The normalized spacial score (nSPS) is 13.1. The molecule has 1 aliphatic rings. The predicted molar refractivity (Wildman–Crippen MR) is 131 cm³/mol. The molecular formula is C27H25NO7. The Bertz CT molecular complexity index is 1310. The molecular weight excluding hydrogens is 450 g/mol. The van der Waals surface area contributed by atoms with Crippen LogP contribution >= 0.6 is 0 Å². The zero-order chi connectivity index (χ0) is 24.9. The van der Waals surface area contributed by atoms with Gasteiger partial charge in [0.05, 0.1) is 32.6 Å². The van der Waals surface area contributed by atoms with Crippen LogP contribution in [0.2, 0.25) is 0 Å². The van der Waals surface area contributed by atoms with Gasteiger partial charge in [-0.05, 0) is 55.0 Å². The number of amides is 1. The van der Waals surface area contributed by atoms with Gasteiger partial charge in [0.25, 0.3) is 5.91 Å². The molecule has 8 heteroatoms. The highest BCUT2D eigenvalue weighted by atomic mass is 16.5. The third-order valence-corrected chi connectivity index (χ3v) is 5.37. The Labute approximate surface area is 203 Å². The second kappa shape index (κ2) is 10.2. The number of benzene rings is 3. The number of Topliss-reactive ketones (excluding diaryl/α,β-unsaturated/α-hetero) is 1. The van der Waals surface area contributed by atoms with Gasteiger partial charge in [0, 0.05) is 17.7 Å². The lowest BCUT2D eigenvalue weighted by molar-refractivity contribution is -0.118. The minimum absolute atomic E-state index is 0.157. The van der Waals surface area contributed by atoms with Crippen LogP contribution in [0.15, 0.2) is 60.4 Å². The number of rotatable bonds is 8. The van der Waals surface area contributed by atoms with Crippen molar-refractivity contribution in [2.45, 2.75) is 6.92 Å². The molecule has 8 nitrogen and oxygen atoms in total. The van der Waals surface area contributed by atoms with Gasteiger partial charge in [0.1, 0.15) is 28.7 Å². The van der Waals surface area contributed by atoms with Crippen LogP contribution in [0.5, 0.6) is 28.7 Å². The Balaban J connectivity index is 1.45. The number of methoxy groups -OCH3 is 3. The van der Waals surface area contributed by atoms with E-state index >= 15 is 0 Å². The van der Waals surface area contributed by atoms with Gasteiger partial charge in [0.2, 0.25) is 5.78 Å². The lowest BCUT2D eigenvalue weighted by atomic mass is 10.1. The molecule has 1 N–H and O–H groups in total. The van der Waals surface area contributed by atoms with E-state index in [1.165, 1.54) is 14.2 Å². The van der Waals surface area contributed by atoms with Gasteiger partial charge in [0.15, 0.2) is 12.4 Å². The molecule has 0 bridgehead atoms. The predicted octanol–water partition coefficient (Wildman–Crippen LogP) is 4.65. The number of carbonyl (C=O) groups excluding carboxylic acids is 2. The third kappa shape index (κ3) is 5.22. The minimum atomic E-state index is -0.349. The molecule has 1 aliphatic heterocycles. The van der Waals surface area contributed by atoms with E-state index in [1.54, 1.807) is 55.7 Å². The van der Waals surface area contributed by atoms with Crippen molar-refractivity contribution >= 4 is 23.5 Å². The summed E-state index contributed by atoms with van der Waals surface area (Å²) in [6, 6.07) is 15.6. The number of nitrogens with one attached hydrogen (secondary N) is 1. The van der Waals surface area contributed by atoms with E-state index in [1.807, 2.05) is 19.1 Å². The number of hydrogen-bond acceptors (Lipinski definition) is 7. The Hall–Kier alpha value is -4.46. The highest BCUT2D eigenvalue weighted by Gasteiger charge is 2.28. The number of anilines is 1. The fourth-order valence-electron chi connectivity index (χ4n) is 3.59. The molecule has 0 saturated heterocycles. The van der Waals surface area contributed by atoms with Crippen molar-refractivity contribution in [1.29, 1.82) is 0 Å². The van der Waals surface area contributed by atoms with Crippen molar-refractivity contribution in [3.63, 3.8) is 0 Å². The van der Waals surface area contributed by atoms with E-state index in [0.717, 1.165) is 5.56 Å². The number of ketones is 1. The SMILES string of the molecule is COc1ccc(C=C2Oc3cc(OCC(=O)Nc4cc(C)ccc4OC)ccc3C2=O)c(OC)c1. The van der Waals surface area contributed by atoms with Crippen LogP contribution in [0.3, 0.4) is 0 Å². The first kappa shape index (κ1) is 23.7. The summed E-state index contributed by atoms with van der Waals surface area (Å²) < 4.78 is 27.3. The van der Waals surface area contributed by atoms with Gasteiger partial charge in [-0.3, -0.25) is 9.59 Å². The van der Waals surface area contributed by atoms with E-state index in [2.05, 4.69) is 5.32 Å². The summed E-state index contributed by atoms with van der Waals surface area (Å²) >= 11 is 0. The molecule has 0 unspecified atom stereocenters. The maximum absolute atomic E-state index is 12.8. The standard InChI is InChI=1S/C27H25NO7/c1-16-5-10-22(32-3)21(11-16)28-26(29)15-34-19-8-9-20-24(14-19)35-25(27(20)30)12-17-6-7-18(31-2)13-23(17)33-4/h5-14H,15H2,1-4H3,(H,28,29). The summed E-state index contributed by atoms with van der Waals surface area (Å²) in [5.41, 5.74) is 2.63. The molecule has 1 amide bonds. The fraction of sp³-hybridized carbons (Fsp3) is 0.185. The number of carbonyl (C=O) groups is 2. The molecule has 0 aliphatic carbocycles. The number of aryl methyl sites for hydroxylation is 1. The highest BCUT2D eigenvalue weighted by Crippen LogP contribution is 2.36. The summed E-state index contributed by atoms with van der Waals surface area (Å²) in [6.45, 7) is 1.69. The van der Waals surface area contributed by atoms with Gasteiger partial charge < -0.3 is 29.0 Å². The van der Waals surface area contributed by atoms with Crippen LogP contribution in [-0.4, -0.2) is 39.6 Å². The lowest BCUT2D eigenvalue weighted by Crippen LogP contribution is -2.20. The molecule has 180 valence electrons. The molecule has 35 heavy (non-hydrogen) atoms. The average Bonchev–Trinajstić information content (AvgIpc) is 3.17. The van der Waals surface area contributed by atoms with Gasteiger partial charge in [-0.1, -0.05) is 6.07 Å². The fourth-order valence-corrected chi connectivity index (χ4v) is 3.59. The highest BCUT2D eigenvalue weighted by molar-refractivity contribution is 6.14. The second-order valence-electron chi connectivity index (χ2n) is 7.75. The van der Waals surface area contributed by atoms with Gasteiger partial charge in [-0.2, -0.15) is 0 Å². The molecule has 0 fully saturated rings. The van der Waals surface area contributed by atoms with E-state index < -0.39 is 0 Å². The van der Waals surface area contributed by atoms with E-state index in [4.69, 9.17) is 23.7 Å². The van der Waals surface area contributed by atoms with Gasteiger partial charge >= 0.3 is 0 Å². The monoisotopic (exact) mass is 475 g/mol. The zero-order valence-electron chi connectivity index (χ0n) is 19.8. The molecule has 0 radical (unpaired) electrons. The largest absolute Gasteiger partial charge is 0.497 e. The average molecular weight is 475 g/mol. The van der Waals surface area contributed by atoms with Crippen LogP contribution < -0.4 is 29.0 Å². The summed E-state index contributed by atoms with van der Waals surface area (Å²) in [4.78, 5) is 25.2. The number of ether oxygens (including phenoxy) is 5. The topological polar surface area (TPSA) is 92.3 Å². The molecule has 0 spiro atoms. The Morgan fingerprint density at radius 2 is 1.69 bits per heavy atom. The minimum Gasteiger partial charge on any atom is -0.497 e. The van der Waals surface area contributed by atoms with Crippen molar-refractivity contribution in [3.8, 4) is 28.7 Å². The Kier molecular flexibility index (Phi) is 6.91. The first-order chi connectivity index (χ1) is 16.9. The van der Waals surface area contributed by atoms with Crippen molar-refractivity contribution in [2.75, 3.05) is 33.3 Å². The van der Waals surface area contributed by atoms with E-state index in [9.17, 15) is 9.59 Å². The van der Waals surface area contributed by atoms with Gasteiger partial charge in [-0.15, -0.1) is 0 Å². The molecule has 0 aromatic heterocycles. The molecule has 1 heterocycles.